The number of benzene rings is 2. The van der Waals surface area contributed by atoms with Crippen molar-refractivity contribution in [2.24, 2.45) is 11.7 Å². The molecule has 2 atom stereocenters. The molecule has 1 unspecified atom stereocenters. The van der Waals surface area contributed by atoms with Crippen LogP contribution in [0, 0.1) is 5.92 Å². The summed E-state index contributed by atoms with van der Waals surface area (Å²) in [6.45, 7) is 1.53. The molecule has 3 amide bonds. The van der Waals surface area contributed by atoms with E-state index >= 15 is 0 Å². The summed E-state index contributed by atoms with van der Waals surface area (Å²) >= 11 is 0. The summed E-state index contributed by atoms with van der Waals surface area (Å²) in [4.78, 5) is 36.1. The summed E-state index contributed by atoms with van der Waals surface area (Å²) in [6.07, 6.45) is 1.90. The lowest BCUT2D eigenvalue weighted by Crippen LogP contribution is -2.50. The van der Waals surface area contributed by atoms with E-state index in [1.807, 2.05) is 24.3 Å². The maximum Gasteiger partial charge on any atom is 0.267 e. The largest absolute Gasteiger partial charge is 0.339 e. The molecule has 0 saturated carbocycles. The first-order valence-corrected chi connectivity index (χ1v) is 10.2. The first kappa shape index (κ1) is 22.4. The number of nitrogens with one attached hydrogen (secondary N) is 4. The Morgan fingerprint density at radius 1 is 1.06 bits per heavy atom. The zero-order chi connectivity index (χ0) is 22.2. The molecule has 2 aromatic carbocycles. The summed E-state index contributed by atoms with van der Waals surface area (Å²) in [5.74, 6) is -1.23. The van der Waals surface area contributed by atoms with E-state index in [0.29, 0.717) is 12.1 Å². The number of piperidine rings is 1. The summed E-state index contributed by atoms with van der Waals surface area (Å²) in [7, 11) is 0. The third-order valence-corrected chi connectivity index (χ3v) is 5.27. The van der Waals surface area contributed by atoms with E-state index < -0.39 is 17.9 Å². The lowest BCUT2D eigenvalue weighted by Gasteiger charge is -2.21. The molecule has 1 aliphatic heterocycles. The van der Waals surface area contributed by atoms with Crippen molar-refractivity contribution in [3.8, 4) is 11.1 Å². The lowest BCUT2D eigenvalue weighted by atomic mass is 9.98. The second-order valence-electron chi connectivity index (χ2n) is 7.43. The van der Waals surface area contributed by atoms with E-state index in [9.17, 15) is 14.4 Å². The van der Waals surface area contributed by atoms with Crippen LogP contribution in [0.25, 0.3) is 11.1 Å². The minimum absolute atomic E-state index is 0.00515. The van der Waals surface area contributed by atoms with E-state index in [4.69, 9.17) is 10.9 Å². The number of hydrogen-bond acceptors (Lipinski definition) is 6. The van der Waals surface area contributed by atoms with Crippen LogP contribution in [0.3, 0.4) is 0 Å². The quantitative estimate of drug-likeness (QED) is 0.287. The van der Waals surface area contributed by atoms with Crippen LogP contribution in [-0.4, -0.2) is 48.6 Å². The molecule has 7 N–H and O–H groups in total. The minimum atomic E-state index is -1.02. The van der Waals surface area contributed by atoms with Crippen LogP contribution in [0.2, 0.25) is 0 Å². The molecule has 2 aromatic rings. The zero-order valence-electron chi connectivity index (χ0n) is 17.1. The van der Waals surface area contributed by atoms with Gasteiger partial charge in [-0.05, 0) is 54.8 Å². The van der Waals surface area contributed by atoms with Crippen molar-refractivity contribution >= 4 is 23.4 Å². The molecule has 1 heterocycles. The predicted molar refractivity (Wildman–Crippen MR) is 116 cm³/mol. The normalized spacial score (nSPS) is 16.8. The van der Waals surface area contributed by atoms with Crippen molar-refractivity contribution in [2.75, 3.05) is 25.0 Å². The molecule has 3 rings (SSSR count). The number of hydroxylamine groups is 1. The molecule has 9 nitrogen and oxygen atoms in total. The first-order valence-electron chi connectivity index (χ1n) is 10.2. The van der Waals surface area contributed by atoms with Gasteiger partial charge in [-0.3, -0.25) is 19.6 Å². The van der Waals surface area contributed by atoms with Gasteiger partial charge in [0.05, 0.1) is 5.92 Å². The third kappa shape index (κ3) is 5.88. The Morgan fingerprint density at radius 3 is 2.26 bits per heavy atom. The van der Waals surface area contributed by atoms with E-state index in [1.54, 1.807) is 24.3 Å². The van der Waals surface area contributed by atoms with Gasteiger partial charge in [0, 0.05) is 24.3 Å². The molecule has 9 heteroatoms. The highest BCUT2D eigenvalue weighted by Crippen LogP contribution is 2.23. The van der Waals surface area contributed by atoms with Crippen molar-refractivity contribution in [2.45, 2.75) is 18.9 Å². The van der Waals surface area contributed by atoms with Gasteiger partial charge in [-0.25, -0.2) is 5.48 Å². The van der Waals surface area contributed by atoms with Gasteiger partial charge in [-0.15, -0.1) is 0 Å². The second-order valence-corrected chi connectivity index (χ2v) is 7.43. The average molecular weight is 425 g/mol. The molecule has 164 valence electrons. The van der Waals surface area contributed by atoms with Crippen LogP contribution in [0.5, 0.6) is 0 Å². The number of amides is 3. The smallest absolute Gasteiger partial charge is 0.267 e. The van der Waals surface area contributed by atoms with E-state index in [1.165, 1.54) is 5.48 Å². The van der Waals surface area contributed by atoms with Crippen LogP contribution in [0.4, 0.5) is 5.69 Å². The number of anilines is 1. The topological polar surface area (TPSA) is 146 Å². The summed E-state index contributed by atoms with van der Waals surface area (Å²) in [5.41, 5.74) is 9.85. The number of hydrogen-bond donors (Lipinski definition) is 6. The van der Waals surface area contributed by atoms with Crippen LogP contribution >= 0.6 is 0 Å². The van der Waals surface area contributed by atoms with Gasteiger partial charge in [0.15, 0.2) is 0 Å². The Labute approximate surface area is 180 Å². The predicted octanol–water partition coefficient (Wildman–Crippen LogP) is 0.854. The lowest BCUT2D eigenvalue weighted by molar-refractivity contribution is -0.130. The zero-order valence-corrected chi connectivity index (χ0v) is 17.1. The van der Waals surface area contributed by atoms with Gasteiger partial charge in [0.1, 0.15) is 6.04 Å². The minimum Gasteiger partial charge on any atom is -0.339 e. The van der Waals surface area contributed by atoms with E-state index in [2.05, 4.69) is 16.0 Å². The van der Waals surface area contributed by atoms with Crippen molar-refractivity contribution in [1.29, 1.82) is 0 Å². The van der Waals surface area contributed by atoms with Crippen LogP contribution in [0.1, 0.15) is 23.2 Å². The third-order valence-electron chi connectivity index (χ3n) is 5.27. The molecule has 0 radical (unpaired) electrons. The number of carbonyl (C=O) groups is 3. The van der Waals surface area contributed by atoms with Gasteiger partial charge in [0.2, 0.25) is 5.91 Å². The molecular formula is C22H27N5O4. The SMILES string of the molecule is NC[C@H](NC(=O)c1ccc(-c2ccc(NC(=O)C3CCCNC3)cc2)cc1)C(=O)NO. The first-order chi connectivity index (χ1) is 15.0. The summed E-state index contributed by atoms with van der Waals surface area (Å²) in [6, 6.07) is 13.3. The molecule has 1 saturated heterocycles. The van der Waals surface area contributed by atoms with Gasteiger partial charge in [0.25, 0.3) is 11.8 Å². The van der Waals surface area contributed by atoms with Crippen LogP contribution in [0.15, 0.2) is 48.5 Å². The fourth-order valence-electron chi connectivity index (χ4n) is 3.43. The Hall–Kier alpha value is -3.27. The molecule has 0 spiro atoms. The monoisotopic (exact) mass is 425 g/mol. The Kier molecular flexibility index (Phi) is 7.71. The van der Waals surface area contributed by atoms with Crippen LogP contribution < -0.4 is 27.2 Å². The maximum absolute atomic E-state index is 12.3. The summed E-state index contributed by atoms with van der Waals surface area (Å²) < 4.78 is 0. The highest BCUT2D eigenvalue weighted by Gasteiger charge is 2.21. The molecule has 1 fully saturated rings. The Balaban J connectivity index is 1.61. The van der Waals surface area contributed by atoms with Gasteiger partial charge in [-0.1, -0.05) is 24.3 Å². The van der Waals surface area contributed by atoms with Crippen molar-refractivity contribution in [3.05, 3.63) is 54.1 Å². The second kappa shape index (κ2) is 10.7. The molecule has 0 bridgehead atoms. The number of rotatable bonds is 7. The highest BCUT2D eigenvalue weighted by molar-refractivity contribution is 5.98. The van der Waals surface area contributed by atoms with Gasteiger partial charge < -0.3 is 21.7 Å². The van der Waals surface area contributed by atoms with E-state index in [-0.39, 0.29) is 18.4 Å². The van der Waals surface area contributed by atoms with Crippen molar-refractivity contribution in [3.63, 3.8) is 0 Å². The van der Waals surface area contributed by atoms with Crippen molar-refractivity contribution in [1.82, 2.24) is 16.1 Å². The van der Waals surface area contributed by atoms with E-state index in [0.717, 1.165) is 36.2 Å². The van der Waals surface area contributed by atoms with Crippen LogP contribution in [-0.2, 0) is 9.59 Å². The molecular weight excluding hydrogens is 398 g/mol. The maximum atomic E-state index is 12.3. The fraction of sp³-hybridized carbons (Fsp3) is 0.318. The average Bonchev–Trinajstić information content (AvgIpc) is 2.83. The highest BCUT2D eigenvalue weighted by atomic mass is 16.5. The van der Waals surface area contributed by atoms with Gasteiger partial charge >= 0.3 is 0 Å². The Bertz CT molecular complexity index is 909. The Morgan fingerprint density at radius 2 is 1.71 bits per heavy atom. The van der Waals surface area contributed by atoms with Crippen molar-refractivity contribution < 1.29 is 19.6 Å². The molecule has 1 aliphatic rings. The van der Waals surface area contributed by atoms with Gasteiger partial charge in [-0.2, -0.15) is 0 Å². The fourth-order valence-corrected chi connectivity index (χ4v) is 3.43. The molecule has 0 aromatic heterocycles. The number of carbonyl (C=O) groups excluding carboxylic acids is 3. The summed E-state index contributed by atoms with van der Waals surface area (Å²) in [5, 5.41) is 17.3. The number of nitrogens with two attached hydrogens (primary N) is 1. The molecule has 31 heavy (non-hydrogen) atoms. The molecule has 0 aliphatic carbocycles. The standard InChI is InChI=1S/C22H27N5O4/c23-12-19(22(30)27-31)26-20(28)16-5-3-14(4-6-16)15-7-9-18(10-8-15)25-21(29)17-2-1-11-24-13-17/h3-10,17,19,24,31H,1-2,11-13,23H2,(H,25,29)(H,26,28)(H,27,30)/t17?,19-/m0/s1.